The van der Waals surface area contributed by atoms with E-state index in [9.17, 15) is 0 Å². The Labute approximate surface area is 92.2 Å². The number of aromatic amines is 1. The van der Waals surface area contributed by atoms with Gasteiger partial charge in [0.15, 0.2) is 0 Å². The van der Waals surface area contributed by atoms with Crippen molar-refractivity contribution in [2.75, 3.05) is 0 Å². The van der Waals surface area contributed by atoms with Gasteiger partial charge in [0.05, 0.1) is 2.74 Å². The molecule has 3 heteroatoms. The molecule has 66 valence electrons. The molecule has 0 bridgehead atoms. The number of halogens is 1. The third-order valence-electron chi connectivity index (χ3n) is 1.63. The highest BCUT2D eigenvalue weighted by Gasteiger charge is 2.03. The van der Waals surface area contributed by atoms with Crippen molar-refractivity contribution in [1.29, 1.82) is 0 Å². The van der Waals surface area contributed by atoms with E-state index in [1.165, 1.54) is 12.1 Å². The number of H-pyrrole nitrogens is 1. The summed E-state index contributed by atoms with van der Waals surface area (Å²) in [5.74, 6) is 0.369. The van der Waals surface area contributed by atoms with Gasteiger partial charge in [-0.15, -0.1) is 0 Å². The first kappa shape index (κ1) is 4.42. The van der Waals surface area contributed by atoms with E-state index in [2.05, 4.69) is 25.9 Å². The Morgan fingerprint density at radius 2 is 2.54 bits per heavy atom. The van der Waals surface area contributed by atoms with Gasteiger partial charge in [0.1, 0.15) is 5.82 Å². The standard InChI is InChI=1S/C10H9BrN2/c1-7-2-3-8(9(11)6-7)10-12-4-5-13-10/h2-6H,1H3,(H,12,13)/i1D3,4D,5D. The fourth-order valence-corrected chi connectivity index (χ4v) is 1.60. The predicted molar refractivity (Wildman–Crippen MR) is 56.5 cm³/mol. The van der Waals surface area contributed by atoms with Gasteiger partial charge in [-0.2, -0.15) is 0 Å². The molecule has 0 fully saturated rings. The molecule has 0 aliphatic rings. The van der Waals surface area contributed by atoms with Gasteiger partial charge in [0, 0.05) is 26.5 Å². The number of nitrogens with one attached hydrogen (secondary N) is 1. The predicted octanol–water partition coefficient (Wildman–Crippen LogP) is 3.15. The fraction of sp³-hybridized carbons (Fsp3) is 0.100. The summed E-state index contributed by atoms with van der Waals surface area (Å²) < 4.78 is 37.3. The number of aromatic nitrogens is 2. The number of hydrogen-bond donors (Lipinski definition) is 1. The third kappa shape index (κ3) is 1.65. The van der Waals surface area contributed by atoms with Crippen LogP contribution in [0, 0.1) is 6.85 Å². The van der Waals surface area contributed by atoms with E-state index in [1.54, 1.807) is 6.07 Å². The highest BCUT2D eigenvalue weighted by atomic mass is 79.9. The molecule has 1 N–H and O–H groups in total. The Morgan fingerprint density at radius 3 is 3.15 bits per heavy atom. The van der Waals surface area contributed by atoms with Crippen LogP contribution in [0.3, 0.4) is 0 Å². The summed E-state index contributed by atoms with van der Waals surface area (Å²) in [5.41, 5.74) is 0.844. The monoisotopic (exact) mass is 241 g/mol. The van der Waals surface area contributed by atoms with Crippen molar-refractivity contribution < 1.29 is 6.85 Å². The molecule has 0 aliphatic heterocycles. The lowest BCUT2D eigenvalue weighted by Crippen LogP contribution is -1.83. The van der Waals surface area contributed by atoms with Crippen LogP contribution in [-0.2, 0) is 0 Å². The molecule has 13 heavy (non-hydrogen) atoms. The number of imidazole rings is 1. The lowest BCUT2D eigenvalue weighted by molar-refractivity contribution is 1.29. The van der Waals surface area contributed by atoms with Crippen molar-refractivity contribution in [3.63, 3.8) is 0 Å². The van der Waals surface area contributed by atoms with Crippen LogP contribution in [0.2, 0.25) is 0 Å². The molecule has 0 saturated carbocycles. The first-order valence-corrected chi connectivity index (χ1v) is 4.42. The van der Waals surface area contributed by atoms with Crippen molar-refractivity contribution in [3.8, 4) is 11.4 Å². The maximum atomic E-state index is 7.39. The van der Waals surface area contributed by atoms with Gasteiger partial charge in [-0.1, -0.05) is 22.0 Å². The summed E-state index contributed by atoms with van der Waals surface area (Å²) in [5, 5.41) is 0. The second-order valence-electron chi connectivity index (χ2n) is 2.52. The molecule has 0 spiro atoms. The normalized spacial score (nSPS) is 16.8. The Morgan fingerprint density at radius 1 is 1.62 bits per heavy atom. The molecule has 0 amide bonds. The zero-order valence-corrected chi connectivity index (χ0v) is 8.14. The molecule has 0 atom stereocenters. The first-order valence-electron chi connectivity index (χ1n) is 6.12. The molecule has 1 aromatic carbocycles. The highest BCUT2D eigenvalue weighted by Crippen LogP contribution is 2.25. The van der Waals surface area contributed by atoms with E-state index in [0.717, 1.165) is 0 Å². The molecule has 2 aromatic rings. The van der Waals surface area contributed by atoms with Gasteiger partial charge in [-0.05, 0) is 24.5 Å². The molecular formula is C10H9BrN2. The number of aryl methyl sites for hydroxylation is 1. The van der Waals surface area contributed by atoms with Crippen molar-refractivity contribution in [3.05, 3.63) is 40.6 Å². The van der Waals surface area contributed by atoms with Crippen molar-refractivity contribution in [2.45, 2.75) is 6.85 Å². The summed E-state index contributed by atoms with van der Waals surface area (Å²) in [7, 11) is 0. The van der Waals surface area contributed by atoms with Gasteiger partial charge in [-0.3, -0.25) is 0 Å². The fourth-order valence-electron chi connectivity index (χ4n) is 1.03. The number of benzene rings is 1. The van der Waals surface area contributed by atoms with Crippen LogP contribution < -0.4 is 0 Å². The van der Waals surface area contributed by atoms with Gasteiger partial charge >= 0.3 is 0 Å². The van der Waals surface area contributed by atoms with Gasteiger partial charge in [-0.25, -0.2) is 4.98 Å². The summed E-state index contributed by atoms with van der Waals surface area (Å²) in [6.45, 7) is -2.16. The van der Waals surface area contributed by atoms with Crippen molar-refractivity contribution in [1.82, 2.24) is 9.97 Å². The van der Waals surface area contributed by atoms with E-state index < -0.39 is 6.85 Å². The lowest BCUT2D eigenvalue weighted by atomic mass is 10.1. The van der Waals surface area contributed by atoms with Gasteiger partial charge in [0.2, 0.25) is 0 Å². The number of rotatable bonds is 1. The Bertz CT molecular complexity index is 571. The second kappa shape index (κ2) is 3.34. The maximum Gasteiger partial charge on any atom is 0.138 e. The van der Waals surface area contributed by atoms with Crippen LogP contribution in [-0.4, -0.2) is 9.97 Å². The van der Waals surface area contributed by atoms with Crippen LogP contribution in [0.1, 0.15) is 12.4 Å². The smallest absolute Gasteiger partial charge is 0.138 e. The average Bonchev–Trinajstić information content (AvgIpc) is 2.57. The van der Waals surface area contributed by atoms with Crippen LogP contribution >= 0.6 is 15.9 Å². The van der Waals surface area contributed by atoms with E-state index in [4.69, 9.17) is 6.85 Å². The van der Waals surface area contributed by atoms with E-state index in [1.807, 2.05) is 0 Å². The SMILES string of the molecule is [2H]c1nc(-c2ccc(C([2H])([2H])[2H])cc2Br)[nH]c1[2H]. The molecular weight excluding hydrogens is 228 g/mol. The largest absolute Gasteiger partial charge is 0.345 e. The zero-order valence-electron chi connectivity index (χ0n) is 11.6. The van der Waals surface area contributed by atoms with E-state index in [-0.39, 0.29) is 17.9 Å². The minimum absolute atomic E-state index is 0.0724. The van der Waals surface area contributed by atoms with E-state index in [0.29, 0.717) is 15.9 Å². The molecule has 0 unspecified atom stereocenters. The molecule has 2 nitrogen and oxygen atoms in total. The lowest BCUT2D eigenvalue weighted by Gasteiger charge is -2.01. The summed E-state index contributed by atoms with van der Waals surface area (Å²) >= 11 is 3.28. The Kier molecular flexibility index (Phi) is 1.14. The summed E-state index contributed by atoms with van der Waals surface area (Å²) in [6, 6.07) is 4.59. The molecule has 0 saturated heterocycles. The quantitative estimate of drug-likeness (QED) is 0.817. The molecule has 0 radical (unpaired) electrons. The topological polar surface area (TPSA) is 28.7 Å². The third-order valence-corrected chi connectivity index (χ3v) is 2.28. The number of hydrogen-bond acceptors (Lipinski definition) is 1. The average molecular weight is 242 g/mol. The molecule has 0 aliphatic carbocycles. The van der Waals surface area contributed by atoms with Crippen molar-refractivity contribution in [2.24, 2.45) is 0 Å². The summed E-state index contributed by atoms with van der Waals surface area (Å²) in [4.78, 5) is 6.54. The minimum atomic E-state index is -2.16. The zero-order chi connectivity index (χ0) is 13.5. The van der Waals surface area contributed by atoms with Crippen LogP contribution in [0.5, 0.6) is 0 Å². The maximum absolute atomic E-state index is 7.39. The van der Waals surface area contributed by atoms with Crippen LogP contribution in [0.25, 0.3) is 11.4 Å². The molecule has 2 rings (SSSR count). The van der Waals surface area contributed by atoms with Crippen LogP contribution in [0.4, 0.5) is 0 Å². The highest BCUT2D eigenvalue weighted by molar-refractivity contribution is 9.10. The summed E-state index contributed by atoms with van der Waals surface area (Å²) in [6.07, 6.45) is -0.214. The first-order chi connectivity index (χ1) is 8.29. The van der Waals surface area contributed by atoms with Crippen molar-refractivity contribution >= 4 is 15.9 Å². The van der Waals surface area contributed by atoms with E-state index >= 15 is 0 Å². The van der Waals surface area contributed by atoms with Gasteiger partial charge in [0.25, 0.3) is 0 Å². The molecule has 1 heterocycles. The van der Waals surface area contributed by atoms with Crippen LogP contribution in [0.15, 0.2) is 35.0 Å². The minimum Gasteiger partial charge on any atom is -0.345 e. The molecule has 1 aromatic heterocycles. The van der Waals surface area contributed by atoms with Gasteiger partial charge < -0.3 is 4.98 Å². The second-order valence-corrected chi connectivity index (χ2v) is 3.37. The Balaban J connectivity index is 2.48. The Hall–Kier alpha value is -1.09. The number of nitrogens with zero attached hydrogens (tertiary/aromatic N) is 1.